The van der Waals surface area contributed by atoms with Crippen molar-refractivity contribution in [3.8, 4) is 0 Å². The van der Waals surface area contributed by atoms with E-state index >= 15 is 0 Å². The van der Waals surface area contributed by atoms with Crippen LogP contribution in [-0.4, -0.2) is 29.0 Å². The highest BCUT2D eigenvalue weighted by atomic mass is 32.1. The minimum absolute atomic E-state index is 0.0338. The number of anilines is 2. The molecule has 5 nitrogen and oxygen atoms in total. The lowest BCUT2D eigenvalue weighted by atomic mass is 9.84. The van der Waals surface area contributed by atoms with Crippen LogP contribution in [0.25, 0.3) is 10.2 Å². The SMILES string of the molecule is CC(=O)c1sc2nccc(N3CCC(O)(c4ccccc4)CC3)c2c1N. The molecule has 134 valence electrons. The lowest BCUT2D eigenvalue weighted by Gasteiger charge is -2.39. The van der Waals surface area contributed by atoms with E-state index in [2.05, 4.69) is 9.88 Å². The summed E-state index contributed by atoms with van der Waals surface area (Å²) in [5.74, 6) is -0.0338. The first-order chi connectivity index (χ1) is 12.5. The molecular weight excluding hydrogens is 346 g/mol. The third-order valence-electron chi connectivity index (χ3n) is 5.17. The van der Waals surface area contributed by atoms with E-state index in [0.717, 1.165) is 34.6 Å². The molecule has 0 spiro atoms. The molecule has 0 atom stereocenters. The molecule has 0 bridgehead atoms. The maximum atomic E-state index is 11.8. The number of piperidine rings is 1. The van der Waals surface area contributed by atoms with Gasteiger partial charge in [0.25, 0.3) is 0 Å². The number of aromatic nitrogens is 1. The van der Waals surface area contributed by atoms with E-state index in [1.54, 1.807) is 6.20 Å². The van der Waals surface area contributed by atoms with Gasteiger partial charge >= 0.3 is 0 Å². The molecule has 3 heterocycles. The Morgan fingerprint density at radius 1 is 1.23 bits per heavy atom. The number of carbonyl (C=O) groups is 1. The van der Waals surface area contributed by atoms with Gasteiger partial charge in [0.1, 0.15) is 4.83 Å². The summed E-state index contributed by atoms with van der Waals surface area (Å²) >= 11 is 1.35. The van der Waals surface area contributed by atoms with E-state index in [9.17, 15) is 9.90 Å². The zero-order valence-corrected chi connectivity index (χ0v) is 15.4. The number of carbonyl (C=O) groups excluding carboxylic acids is 1. The molecule has 0 amide bonds. The number of nitrogen functional groups attached to an aromatic ring is 1. The van der Waals surface area contributed by atoms with Crippen molar-refractivity contribution in [2.45, 2.75) is 25.4 Å². The summed E-state index contributed by atoms with van der Waals surface area (Å²) in [7, 11) is 0. The van der Waals surface area contributed by atoms with Gasteiger partial charge in [-0.25, -0.2) is 4.98 Å². The van der Waals surface area contributed by atoms with Crippen molar-refractivity contribution in [2.75, 3.05) is 23.7 Å². The Bertz CT molecular complexity index is 960. The number of nitrogens with zero attached hydrogens (tertiary/aromatic N) is 2. The number of benzene rings is 1. The molecule has 3 N–H and O–H groups in total. The third kappa shape index (κ3) is 2.75. The van der Waals surface area contributed by atoms with E-state index in [1.807, 2.05) is 36.4 Å². The number of rotatable bonds is 3. The van der Waals surface area contributed by atoms with Gasteiger partial charge in [-0.15, -0.1) is 11.3 Å². The van der Waals surface area contributed by atoms with Gasteiger partial charge in [0.2, 0.25) is 0 Å². The van der Waals surface area contributed by atoms with Gasteiger partial charge in [0.15, 0.2) is 5.78 Å². The average Bonchev–Trinajstić information content (AvgIpc) is 3.00. The van der Waals surface area contributed by atoms with Crippen LogP contribution in [0.5, 0.6) is 0 Å². The molecule has 1 aromatic carbocycles. The highest BCUT2D eigenvalue weighted by Crippen LogP contribution is 2.41. The third-order valence-corrected chi connectivity index (χ3v) is 6.38. The van der Waals surface area contributed by atoms with Gasteiger partial charge in [-0.2, -0.15) is 0 Å². The summed E-state index contributed by atoms with van der Waals surface area (Å²) in [5, 5.41) is 11.9. The van der Waals surface area contributed by atoms with Crippen molar-refractivity contribution in [2.24, 2.45) is 0 Å². The molecule has 2 aromatic heterocycles. The van der Waals surface area contributed by atoms with Crippen LogP contribution < -0.4 is 10.6 Å². The second-order valence-electron chi connectivity index (χ2n) is 6.80. The zero-order chi connectivity index (χ0) is 18.3. The Labute approximate surface area is 156 Å². The molecular formula is C20H21N3O2S. The molecule has 1 aliphatic heterocycles. The lowest BCUT2D eigenvalue weighted by molar-refractivity contribution is 0.0118. The molecule has 3 aromatic rings. The Morgan fingerprint density at radius 3 is 2.58 bits per heavy atom. The standard InChI is InChI=1S/C20H21N3O2S/c1-13(24)18-17(21)16-15(7-10-22-19(16)26-18)23-11-8-20(25,9-12-23)14-5-3-2-4-6-14/h2-7,10,25H,8-9,11-12,21H2,1H3. The van der Waals surface area contributed by atoms with E-state index in [1.165, 1.54) is 18.3 Å². The average molecular weight is 367 g/mol. The topological polar surface area (TPSA) is 79.5 Å². The second kappa shape index (κ2) is 6.37. The quantitative estimate of drug-likeness (QED) is 0.692. The molecule has 1 saturated heterocycles. The minimum Gasteiger partial charge on any atom is -0.397 e. The summed E-state index contributed by atoms with van der Waals surface area (Å²) in [5.41, 5.74) is 7.94. The summed E-state index contributed by atoms with van der Waals surface area (Å²) < 4.78 is 0. The van der Waals surface area contributed by atoms with Crippen molar-refractivity contribution in [3.63, 3.8) is 0 Å². The molecule has 0 aliphatic carbocycles. The van der Waals surface area contributed by atoms with Gasteiger partial charge in [-0.3, -0.25) is 4.79 Å². The zero-order valence-electron chi connectivity index (χ0n) is 14.6. The van der Waals surface area contributed by atoms with E-state index in [-0.39, 0.29) is 5.78 Å². The monoisotopic (exact) mass is 367 g/mol. The number of Topliss-reactive ketones (excluding diaryl/α,β-unsaturated/α-hetero) is 1. The van der Waals surface area contributed by atoms with Crippen LogP contribution in [0.2, 0.25) is 0 Å². The number of hydrogen-bond acceptors (Lipinski definition) is 6. The van der Waals surface area contributed by atoms with Crippen molar-refractivity contribution in [1.82, 2.24) is 4.98 Å². The Balaban J connectivity index is 1.65. The van der Waals surface area contributed by atoms with Gasteiger partial charge < -0.3 is 15.7 Å². The van der Waals surface area contributed by atoms with E-state index in [4.69, 9.17) is 5.73 Å². The molecule has 4 rings (SSSR count). The van der Waals surface area contributed by atoms with E-state index in [0.29, 0.717) is 23.4 Å². The number of fused-ring (bicyclic) bond motifs is 1. The first-order valence-corrected chi connectivity index (χ1v) is 9.52. The number of hydrogen-bond donors (Lipinski definition) is 2. The lowest BCUT2D eigenvalue weighted by Crippen LogP contribution is -2.42. The van der Waals surface area contributed by atoms with Crippen LogP contribution in [0.3, 0.4) is 0 Å². The van der Waals surface area contributed by atoms with Crippen LogP contribution in [0.15, 0.2) is 42.6 Å². The normalized spacial score (nSPS) is 16.8. The molecule has 0 radical (unpaired) electrons. The number of ketones is 1. The Kier molecular flexibility index (Phi) is 4.17. The largest absolute Gasteiger partial charge is 0.397 e. The number of pyridine rings is 1. The summed E-state index contributed by atoms with van der Waals surface area (Å²) in [4.78, 5) is 19.8. The predicted octanol–water partition coefficient (Wildman–Crippen LogP) is 3.57. The van der Waals surface area contributed by atoms with Crippen LogP contribution >= 0.6 is 11.3 Å². The number of thiophene rings is 1. The van der Waals surface area contributed by atoms with Crippen molar-refractivity contribution < 1.29 is 9.90 Å². The van der Waals surface area contributed by atoms with Crippen LogP contribution in [0, 0.1) is 0 Å². The van der Waals surface area contributed by atoms with Crippen molar-refractivity contribution in [3.05, 3.63) is 53.0 Å². The minimum atomic E-state index is -0.797. The highest BCUT2D eigenvalue weighted by Gasteiger charge is 2.34. The predicted molar refractivity (Wildman–Crippen MR) is 106 cm³/mol. The number of nitrogens with two attached hydrogens (primary N) is 1. The molecule has 6 heteroatoms. The summed E-state index contributed by atoms with van der Waals surface area (Å²) in [6.45, 7) is 2.96. The molecule has 1 fully saturated rings. The Morgan fingerprint density at radius 2 is 1.92 bits per heavy atom. The van der Waals surface area contributed by atoms with Gasteiger partial charge in [0, 0.05) is 26.2 Å². The molecule has 0 unspecified atom stereocenters. The van der Waals surface area contributed by atoms with Crippen molar-refractivity contribution >= 4 is 38.7 Å². The van der Waals surface area contributed by atoms with Crippen molar-refractivity contribution in [1.29, 1.82) is 0 Å². The van der Waals surface area contributed by atoms with Gasteiger partial charge in [-0.1, -0.05) is 30.3 Å². The van der Waals surface area contributed by atoms with Gasteiger partial charge in [-0.05, 0) is 24.5 Å². The second-order valence-corrected chi connectivity index (χ2v) is 7.80. The maximum Gasteiger partial charge on any atom is 0.171 e. The number of aliphatic hydroxyl groups is 1. The molecule has 1 aliphatic rings. The fourth-order valence-corrected chi connectivity index (χ4v) is 4.69. The fraction of sp³-hybridized carbons (Fsp3) is 0.300. The molecule has 26 heavy (non-hydrogen) atoms. The summed E-state index contributed by atoms with van der Waals surface area (Å²) in [6, 6.07) is 11.8. The van der Waals surface area contributed by atoms with Crippen LogP contribution in [0.4, 0.5) is 11.4 Å². The Hall–Kier alpha value is -2.44. The van der Waals surface area contributed by atoms with E-state index < -0.39 is 5.60 Å². The first-order valence-electron chi connectivity index (χ1n) is 8.70. The van der Waals surface area contributed by atoms with Crippen LogP contribution in [0.1, 0.15) is 35.0 Å². The van der Waals surface area contributed by atoms with Gasteiger partial charge in [0.05, 0.1) is 27.2 Å². The first kappa shape index (κ1) is 17.0. The maximum absolute atomic E-state index is 11.8. The smallest absolute Gasteiger partial charge is 0.171 e. The summed E-state index contributed by atoms with van der Waals surface area (Å²) in [6.07, 6.45) is 3.05. The van der Waals surface area contributed by atoms with Crippen LogP contribution in [-0.2, 0) is 5.60 Å². The fourth-order valence-electron chi connectivity index (χ4n) is 3.71. The molecule has 0 saturated carbocycles. The highest BCUT2D eigenvalue weighted by molar-refractivity contribution is 7.21.